The number of nitrogens with one attached hydrogen (secondary N) is 1. The third-order valence-corrected chi connectivity index (χ3v) is 5.60. The standard InChI is InChI=1S/C16H26N2O2/c1-11-13(19)17-16(7-4-5-8-16)14(20)18(11)12-6-9-15(2,3)10-12/h11-12H,4-10H2,1-3H3,(H,17,19). The van der Waals surface area contributed by atoms with E-state index >= 15 is 0 Å². The summed E-state index contributed by atoms with van der Waals surface area (Å²) < 4.78 is 0. The molecule has 4 heteroatoms. The van der Waals surface area contributed by atoms with Crippen LogP contribution in [-0.2, 0) is 9.59 Å². The monoisotopic (exact) mass is 278 g/mol. The van der Waals surface area contributed by atoms with E-state index in [9.17, 15) is 9.59 Å². The summed E-state index contributed by atoms with van der Waals surface area (Å²) in [6, 6.07) is -0.0661. The number of carbonyl (C=O) groups excluding carboxylic acids is 2. The van der Waals surface area contributed by atoms with Crippen LogP contribution in [0.25, 0.3) is 0 Å². The van der Waals surface area contributed by atoms with Crippen LogP contribution < -0.4 is 5.32 Å². The van der Waals surface area contributed by atoms with Crippen molar-refractivity contribution < 1.29 is 9.59 Å². The van der Waals surface area contributed by atoms with Crippen LogP contribution in [0.15, 0.2) is 0 Å². The highest BCUT2D eigenvalue weighted by molar-refractivity contribution is 6.00. The molecule has 2 saturated carbocycles. The molecular weight excluding hydrogens is 252 g/mol. The van der Waals surface area contributed by atoms with Crippen LogP contribution in [0.3, 0.4) is 0 Å². The van der Waals surface area contributed by atoms with Crippen molar-refractivity contribution in [2.45, 2.75) is 83.3 Å². The van der Waals surface area contributed by atoms with Gasteiger partial charge >= 0.3 is 0 Å². The Bertz CT molecular complexity index is 438. The van der Waals surface area contributed by atoms with E-state index in [2.05, 4.69) is 19.2 Å². The highest BCUT2D eigenvalue weighted by atomic mass is 16.2. The summed E-state index contributed by atoms with van der Waals surface area (Å²) in [6.07, 6.45) is 6.92. The summed E-state index contributed by atoms with van der Waals surface area (Å²) in [6.45, 7) is 6.40. The average Bonchev–Trinajstić information content (AvgIpc) is 2.96. The summed E-state index contributed by atoms with van der Waals surface area (Å²) in [7, 11) is 0. The van der Waals surface area contributed by atoms with Crippen molar-refractivity contribution in [3.8, 4) is 0 Å². The molecule has 1 saturated heterocycles. The topological polar surface area (TPSA) is 49.4 Å². The number of piperazine rings is 1. The second kappa shape index (κ2) is 4.47. The predicted octanol–water partition coefficient (Wildman–Crippen LogP) is 2.22. The summed E-state index contributed by atoms with van der Waals surface area (Å²) in [5.41, 5.74) is -0.280. The van der Waals surface area contributed by atoms with Crippen molar-refractivity contribution >= 4 is 11.8 Å². The molecular formula is C16H26N2O2. The number of amides is 2. The number of hydrogen-bond donors (Lipinski definition) is 1. The molecule has 2 atom stereocenters. The van der Waals surface area contributed by atoms with Crippen LogP contribution >= 0.6 is 0 Å². The zero-order chi connectivity index (χ0) is 14.5. The fraction of sp³-hybridized carbons (Fsp3) is 0.875. The first kappa shape index (κ1) is 13.9. The molecule has 4 nitrogen and oxygen atoms in total. The number of nitrogens with zero attached hydrogens (tertiary/aromatic N) is 1. The van der Waals surface area contributed by atoms with Crippen LogP contribution in [0.1, 0.15) is 65.7 Å². The maximum absolute atomic E-state index is 13.0. The Hall–Kier alpha value is -1.06. The van der Waals surface area contributed by atoms with Gasteiger partial charge in [0.05, 0.1) is 0 Å². The molecule has 1 spiro atoms. The van der Waals surface area contributed by atoms with Crippen LogP contribution in [-0.4, -0.2) is 34.3 Å². The van der Waals surface area contributed by atoms with E-state index in [0.717, 1.165) is 44.9 Å². The molecule has 0 radical (unpaired) electrons. The van der Waals surface area contributed by atoms with E-state index in [1.807, 2.05) is 11.8 Å². The lowest BCUT2D eigenvalue weighted by Crippen LogP contribution is -2.70. The number of rotatable bonds is 1. The second-order valence-electron chi connectivity index (χ2n) is 7.73. The van der Waals surface area contributed by atoms with Gasteiger partial charge in [-0.25, -0.2) is 0 Å². The molecule has 0 bridgehead atoms. The van der Waals surface area contributed by atoms with E-state index in [1.54, 1.807) is 0 Å². The van der Waals surface area contributed by atoms with Crippen LogP contribution in [0.2, 0.25) is 0 Å². The lowest BCUT2D eigenvalue weighted by atomic mass is 9.88. The summed E-state index contributed by atoms with van der Waals surface area (Å²) in [4.78, 5) is 27.3. The molecule has 3 aliphatic rings. The van der Waals surface area contributed by atoms with Gasteiger partial charge in [0.1, 0.15) is 11.6 Å². The van der Waals surface area contributed by atoms with E-state index in [-0.39, 0.29) is 23.9 Å². The third-order valence-electron chi connectivity index (χ3n) is 5.60. The molecule has 112 valence electrons. The summed E-state index contributed by atoms with van der Waals surface area (Å²) >= 11 is 0. The van der Waals surface area contributed by atoms with Crippen molar-refractivity contribution in [2.24, 2.45) is 5.41 Å². The van der Waals surface area contributed by atoms with Gasteiger partial charge < -0.3 is 10.2 Å². The first-order valence-electron chi connectivity index (χ1n) is 7.99. The highest BCUT2D eigenvalue weighted by Gasteiger charge is 2.53. The minimum atomic E-state index is -0.573. The van der Waals surface area contributed by atoms with Gasteiger partial charge in [0.15, 0.2) is 0 Å². The first-order chi connectivity index (χ1) is 9.35. The van der Waals surface area contributed by atoms with Crippen LogP contribution in [0.5, 0.6) is 0 Å². The summed E-state index contributed by atoms with van der Waals surface area (Å²) in [5, 5.41) is 3.04. The van der Waals surface area contributed by atoms with Gasteiger partial charge in [-0.1, -0.05) is 26.7 Å². The number of hydrogen-bond acceptors (Lipinski definition) is 2. The molecule has 0 aromatic heterocycles. The van der Waals surface area contributed by atoms with Crippen molar-refractivity contribution in [1.29, 1.82) is 0 Å². The Labute approximate surface area is 121 Å². The molecule has 1 N–H and O–H groups in total. The lowest BCUT2D eigenvalue weighted by molar-refractivity contribution is -0.157. The van der Waals surface area contributed by atoms with Crippen molar-refractivity contribution in [3.63, 3.8) is 0 Å². The average molecular weight is 278 g/mol. The minimum Gasteiger partial charge on any atom is -0.340 e. The maximum atomic E-state index is 13.0. The Morgan fingerprint density at radius 2 is 1.80 bits per heavy atom. The fourth-order valence-electron chi connectivity index (χ4n) is 4.38. The van der Waals surface area contributed by atoms with Gasteiger partial charge in [-0.2, -0.15) is 0 Å². The van der Waals surface area contributed by atoms with Crippen LogP contribution in [0.4, 0.5) is 0 Å². The molecule has 2 unspecified atom stereocenters. The van der Waals surface area contributed by atoms with Gasteiger partial charge in [0.2, 0.25) is 11.8 Å². The van der Waals surface area contributed by atoms with E-state index < -0.39 is 5.54 Å². The highest BCUT2D eigenvalue weighted by Crippen LogP contribution is 2.43. The SMILES string of the molecule is CC1C(=O)NC2(CCCC2)C(=O)N1C1CCC(C)(C)C1. The van der Waals surface area contributed by atoms with Crippen molar-refractivity contribution in [1.82, 2.24) is 10.2 Å². The van der Waals surface area contributed by atoms with E-state index in [1.165, 1.54) is 0 Å². The molecule has 1 aliphatic heterocycles. The molecule has 2 aliphatic carbocycles. The lowest BCUT2D eigenvalue weighted by Gasteiger charge is -2.46. The Kier molecular flexibility index (Phi) is 3.11. The maximum Gasteiger partial charge on any atom is 0.249 e. The normalized spacial score (nSPS) is 35.6. The largest absolute Gasteiger partial charge is 0.340 e. The smallest absolute Gasteiger partial charge is 0.249 e. The minimum absolute atomic E-state index is 0.0382. The molecule has 2 amide bonds. The van der Waals surface area contributed by atoms with E-state index in [4.69, 9.17) is 0 Å². The van der Waals surface area contributed by atoms with Crippen molar-refractivity contribution in [2.75, 3.05) is 0 Å². The van der Waals surface area contributed by atoms with Gasteiger partial charge in [0, 0.05) is 6.04 Å². The van der Waals surface area contributed by atoms with Gasteiger partial charge in [-0.3, -0.25) is 9.59 Å². The Morgan fingerprint density at radius 1 is 1.15 bits per heavy atom. The predicted molar refractivity (Wildman–Crippen MR) is 77.1 cm³/mol. The molecule has 0 aromatic rings. The quantitative estimate of drug-likeness (QED) is 0.799. The third kappa shape index (κ3) is 2.04. The number of carbonyl (C=O) groups is 2. The zero-order valence-corrected chi connectivity index (χ0v) is 12.9. The van der Waals surface area contributed by atoms with Crippen molar-refractivity contribution in [3.05, 3.63) is 0 Å². The molecule has 20 heavy (non-hydrogen) atoms. The summed E-state index contributed by atoms with van der Waals surface area (Å²) in [5.74, 6) is 0.223. The second-order valence-corrected chi connectivity index (χ2v) is 7.73. The fourth-order valence-corrected chi connectivity index (χ4v) is 4.38. The Morgan fingerprint density at radius 3 is 2.35 bits per heavy atom. The molecule has 0 aromatic carbocycles. The van der Waals surface area contributed by atoms with Gasteiger partial charge in [0.25, 0.3) is 0 Å². The molecule has 3 fully saturated rings. The van der Waals surface area contributed by atoms with Gasteiger partial charge in [-0.05, 0) is 44.4 Å². The van der Waals surface area contributed by atoms with E-state index in [0.29, 0.717) is 5.41 Å². The Balaban J connectivity index is 1.88. The first-order valence-corrected chi connectivity index (χ1v) is 7.99. The zero-order valence-electron chi connectivity index (χ0n) is 12.9. The van der Waals surface area contributed by atoms with Crippen LogP contribution in [0, 0.1) is 5.41 Å². The van der Waals surface area contributed by atoms with Gasteiger partial charge in [-0.15, -0.1) is 0 Å². The molecule has 1 heterocycles. The molecule has 3 rings (SSSR count).